The molecule has 0 aliphatic heterocycles. The van der Waals surface area contributed by atoms with Gasteiger partial charge in [0.2, 0.25) is 0 Å². The van der Waals surface area contributed by atoms with Gasteiger partial charge < -0.3 is 6.92 Å². The molecule has 0 saturated carbocycles. The zero-order valence-electron chi connectivity index (χ0n) is 12.5. The minimum absolute atomic E-state index is 0. The Kier molecular flexibility index (Phi) is 10.4. The number of rotatable bonds is 3. The van der Waals surface area contributed by atoms with Gasteiger partial charge in [-0.2, -0.15) is 6.42 Å². The summed E-state index contributed by atoms with van der Waals surface area (Å²) in [5.74, 6) is 0.824. The Balaban J connectivity index is 0.000000404. The minimum atomic E-state index is 0. The van der Waals surface area contributed by atoms with Gasteiger partial charge in [0, 0.05) is 0 Å². The van der Waals surface area contributed by atoms with Crippen molar-refractivity contribution in [1.29, 1.82) is 0 Å². The molecule has 0 aliphatic rings. The molecule has 0 radical (unpaired) electrons. The van der Waals surface area contributed by atoms with E-state index in [1.54, 1.807) is 0 Å². The largest absolute Gasteiger partial charge is 1.00 e. The average Bonchev–Trinajstić information content (AvgIpc) is 2.49. The second kappa shape index (κ2) is 10.9. The molecule has 1 atom stereocenters. The van der Waals surface area contributed by atoms with Crippen molar-refractivity contribution < 1.29 is 18.9 Å². The summed E-state index contributed by atoms with van der Waals surface area (Å²) in [5.41, 5.74) is 2.55. The molecule has 0 amide bonds. The number of hydrogen-bond acceptors (Lipinski definition) is 0. The van der Waals surface area contributed by atoms with E-state index in [0.717, 1.165) is 12.3 Å². The first kappa shape index (κ1) is 18.0. The summed E-state index contributed by atoms with van der Waals surface area (Å²) in [6, 6.07) is 20.8. The third kappa shape index (κ3) is 7.26. The molecule has 0 saturated heterocycles. The first-order chi connectivity index (χ1) is 8.77. The smallest absolute Gasteiger partial charge is 0.343 e. The van der Waals surface area contributed by atoms with Crippen LogP contribution < -0.4 is 18.9 Å². The standard InChI is InChI=1S/C12H10.C6H13.Li/c1-3-7-11(8-4-1)12-9-5-2-6-10-12;1-4-6(3)5-2;/h1-10H;6H,1,4-5H2,2-3H3;/q;-1;+1. The topological polar surface area (TPSA) is 0 Å². The second-order valence-corrected chi connectivity index (χ2v) is 4.53. The fourth-order valence-electron chi connectivity index (χ4n) is 1.47. The summed E-state index contributed by atoms with van der Waals surface area (Å²) in [5, 5.41) is 0. The van der Waals surface area contributed by atoms with Crippen molar-refractivity contribution >= 4 is 0 Å². The van der Waals surface area contributed by atoms with E-state index < -0.39 is 0 Å². The fourth-order valence-corrected chi connectivity index (χ4v) is 1.47. The van der Waals surface area contributed by atoms with Crippen molar-refractivity contribution in [3.8, 4) is 11.1 Å². The Morgan fingerprint density at radius 3 is 1.42 bits per heavy atom. The average molecular weight is 246 g/mol. The third-order valence-electron chi connectivity index (χ3n) is 3.07. The first-order valence-electron chi connectivity index (χ1n) is 6.67. The Morgan fingerprint density at radius 2 is 1.21 bits per heavy atom. The SMILES string of the molecule is [CH2-]CC(C)CC.[Li+].c1ccc(-c2ccccc2)cc1. The van der Waals surface area contributed by atoms with Gasteiger partial charge in [0.05, 0.1) is 0 Å². The van der Waals surface area contributed by atoms with E-state index in [2.05, 4.69) is 69.3 Å². The molecule has 1 unspecified atom stereocenters. The van der Waals surface area contributed by atoms with Gasteiger partial charge >= 0.3 is 18.9 Å². The van der Waals surface area contributed by atoms with Crippen LogP contribution in [0.1, 0.15) is 26.7 Å². The van der Waals surface area contributed by atoms with Gasteiger partial charge in [-0.1, -0.05) is 86.8 Å². The monoisotopic (exact) mass is 246 g/mol. The molecular weight excluding hydrogens is 223 g/mol. The van der Waals surface area contributed by atoms with Crippen molar-refractivity contribution in [1.82, 2.24) is 0 Å². The molecule has 2 aromatic rings. The molecule has 0 bridgehead atoms. The quantitative estimate of drug-likeness (QED) is 0.577. The van der Waals surface area contributed by atoms with Crippen molar-refractivity contribution in [2.24, 2.45) is 5.92 Å². The van der Waals surface area contributed by atoms with E-state index in [4.69, 9.17) is 0 Å². The Morgan fingerprint density at radius 1 is 0.842 bits per heavy atom. The fraction of sp³-hybridized carbons (Fsp3) is 0.278. The molecule has 0 nitrogen and oxygen atoms in total. The van der Waals surface area contributed by atoms with Gasteiger partial charge in [-0.15, -0.1) is 0 Å². The van der Waals surface area contributed by atoms with Crippen LogP contribution in [0.15, 0.2) is 60.7 Å². The Hall–Kier alpha value is -0.963. The molecule has 1 heteroatoms. The summed E-state index contributed by atoms with van der Waals surface area (Å²) in [6.07, 6.45) is 2.35. The summed E-state index contributed by atoms with van der Waals surface area (Å²) in [6.45, 7) is 8.16. The summed E-state index contributed by atoms with van der Waals surface area (Å²) in [4.78, 5) is 0. The summed E-state index contributed by atoms with van der Waals surface area (Å²) < 4.78 is 0. The minimum Gasteiger partial charge on any atom is -0.343 e. The van der Waals surface area contributed by atoms with Crippen LogP contribution in [0.4, 0.5) is 0 Å². The van der Waals surface area contributed by atoms with Crippen LogP contribution >= 0.6 is 0 Å². The van der Waals surface area contributed by atoms with E-state index in [-0.39, 0.29) is 18.9 Å². The van der Waals surface area contributed by atoms with E-state index in [1.807, 2.05) is 12.1 Å². The Labute approximate surface area is 130 Å². The van der Waals surface area contributed by atoms with Crippen molar-refractivity contribution in [3.63, 3.8) is 0 Å². The van der Waals surface area contributed by atoms with Gasteiger partial charge in [0.15, 0.2) is 0 Å². The summed E-state index contributed by atoms with van der Waals surface area (Å²) >= 11 is 0. The molecule has 0 heterocycles. The van der Waals surface area contributed by atoms with Gasteiger partial charge in [-0.05, 0) is 11.1 Å². The van der Waals surface area contributed by atoms with Crippen LogP contribution in [0.2, 0.25) is 0 Å². The zero-order valence-corrected chi connectivity index (χ0v) is 12.5. The zero-order chi connectivity index (χ0) is 13.2. The van der Waals surface area contributed by atoms with Crippen LogP contribution in [0.5, 0.6) is 0 Å². The molecule has 19 heavy (non-hydrogen) atoms. The van der Waals surface area contributed by atoms with Crippen LogP contribution in [0.3, 0.4) is 0 Å². The first-order valence-corrected chi connectivity index (χ1v) is 6.67. The van der Waals surface area contributed by atoms with Crippen molar-refractivity contribution in [3.05, 3.63) is 67.6 Å². The van der Waals surface area contributed by atoms with Crippen LogP contribution in [-0.4, -0.2) is 0 Å². The molecule has 0 spiro atoms. The van der Waals surface area contributed by atoms with Gasteiger partial charge in [0.25, 0.3) is 0 Å². The van der Waals surface area contributed by atoms with Gasteiger partial charge in [0.1, 0.15) is 0 Å². The second-order valence-electron chi connectivity index (χ2n) is 4.53. The van der Waals surface area contributed by atoms with Crippen LogP contribution in [0, 0.1) is 12.8 Å². The maximum absolute atomic E-state index is 3.76. The van der Waals surface area contributed by atoms with E-state index >= 15 is 0 Å². The predicted molar refractivity (Wildman–Crippen MR) is 81.3 cm³/mol. The molecule has 96 valence electrons. The van der Waals surface area contributed by atoms with E-state index in [0.29, 0.717) is 0 Å². The Bertz CT molecular complexity index is 367. The molecule has 0 aliphatic carbocycles. The molecule has 0 aromatic heterocycles. The van der Waals surface area contributed by atoms with Crippen molar-refractivity contribution in [2.45, 2.75) is 26.7 Å². The van der Waals surface area contributed by atoms with Gasteiger partial charge in [-0.25, -0.2) is 0 Å². The van der Waals surface area contributed by atoms with Crippen molar-refractivity contribution in [2.75, 3.05) is 0 Å². The maximum Gasteiger partial charge on any atom is 1.00 e. The molecule has 2 rings (SSSR count). The maximum atomic E-state index is 3.76. The molecule has 0 N–H and O–H groups in total. The summed E-state index contributed by atoms with van der Waals surface area (Å²) in [7, 11) is 0. The van der Waals surface area contributed by atoms with Crippen LogP contribution in [-0.2, 0) is 0 Å². The predicted octanol–water partition coefficient (Wildman–Crippen LogP) is 2.61. The van der Waals surface area contributed by atoms with Crippen LogP contribution in [0.25, 0.3) is 11.1 Å². The van der Waals surface area contributed by atoms with E-state index in [9.17, 15) is 0 Å². The number of hydrogen-bond donors (Lipinski definition) is 0. The number of benzene rings is 2. The van der Waals surface area contributed by atoms with E-state index in [1.165, 1.54) is 17.5 Å². The molecular formula is C18H23Li. The molecule has 2 aromatic carbocycles. The molecule has 0 fully saturated rings. The normalized spacial score (nSPS) is 10.7. The third-order valence-corrected chi connectivity index (χ3v) is 3.07. The van der Waals surface area contributed by atoms with Gasteiger partial charge in [-0.3, -0.25) is 0 Å².